The molecule has 1 aromatic heterocycles. The van der Waals surface area contributed by atoms with Crippen LogP contribution in [0.15, 0.2) is 59.4 Å². The molecule has 1 aliphatic rings. The third-order valence-electron chi connectivity index (χ3n) is 7.48. The Labute approximate surface area is 241 Å². The van der Waals surface area contributed by atoms with E-state index >= 15 is 0 Å². The van der Waals surface area contributed by atoms with Crippen LogP contribution in [0.3, 0.4) is 0 Å². The van der Waals surface area contributed by atoms with Gasteiger partial charge in [-0.3, -0.25) is 9.36 Å². The van der Waals surface area contributed by atoms with Crippen LogP contribution in [-0.4, -0.2) is 71.9 Å². The molecule has 0 saturated carbocycles. The van der Waals surface area contributed by atoms with E-state index in [0.29, 0.717) is 37.0 Å². The van der Waals surface area contributed by atoms with Crippen molar-refractivity contribution in [1.82, 2.24) is 19.4 Å². The monoisotopic (exact) mass is 556 g/mol. The number of aromatic nitrogens is 2. The van der Waals surface area contributed by atoms with Gasteiger partial charge in [-0.05, 0) is 94.0 Å². The summed E-state index contributed by atoms with van der Waals surface area (Å²) in [5.74, 6) is 1.78. The molecule has 1 saturated heterocycles. The van der Waals surface area contributed by atoms with Crippen molar-refractivity contribution in [2.75, 3.05) is 40.8 Å². The second-order valence-corrected chi connectivity index (χ2v) is 12.2. The minimum atomic E-state index is -0.523. The minimum absolute atomic E-state index is 0.0267. The number of fused-ring (bicyclic) bond motifs is 2. The first-order valence-electron chi connectivity index (χ1n) is 14.3. The second-order valence-electron chi connectivity index (χ2n) is 12.2. The lowest BCUT2D eigenvalue weighted by Gasteiger charge is -2.39. The van der Waals surface area contributed by atoms with Crippen LogP contribution in [0.2, 0.25) is 0 Å². The maximum atomic E-state index is 14.0. The van der Waals surface area contributed by atoms with Gasteiger partial charge in [-0.25, -0.2) is 9.78 Å². The van der Waals surface area contributed by atoms with E-state index in [1.54, 1.807) is 12.0 Å². The van der Waals surface area contributed by atoms with Gasteiger partial charge in [0.2, 0.25) is 0 Å². The van der Waals surface area contributed by atoms with Gasteiger partial charge >= 0.3 is 6.09 Å². The Kier molecular flexibility index (Phi) is 8.04. The Balaban J connectivity index is 1.49. The summed E-state index contributed by atoms with van der Waals surface area (Å²) in [6.45, 7) is 8.27. The number of ether oxygens (including phenoxy) is 2. The molecule has 0 atom stereocenters. The van der Waals surface area contributed by atoms with E-state index < -0.39 is 5.60 Å². The van der Waals surface area contributed by atoms with E-state index in [1.807, 2.05) is 81.9 Å². The summed E-state index contributed by atoms with van der Waals surface area (Å²) < 4.78 is 12.9. The number of methoxy groups -OCH3 is 1. The fourth-order valence-electron chi connectivity index (χ4n) is 5.44. The highest BCUT2D eigenvalue weighted by molar-refractivity contribution is 5.99. The molecule has 8 heteroatoms. The molecule has 0 bridgehead atoms. The normalized spacial score (nSPS) is 14.1. The Hall–Kier alpha value is -3.91. The van der Waals surface area contributed by atoms with E-state index in [9.17, 15) is 9.59 Å². The van der Waals surface area contributed by atoms with Crippen molar-refractivity contribution in [1.29, 1.82) is 0 Å². The predicted molar refractivity (Wildman–Crippen MR) is 164 cm³/mol. The average Bonchev–Trinajstić information content (AvgIpc) is 2.90. The van der Waals surface area contributed by atoms with Crippen LogP contribution in [-0.2, 0) is 17.7 Å². The lowest BCUT2D eigenvalue weighted by Crippen LogP contribution is -2.52. The van der Waals surface area contributed by atoms with Gasteiger partial charge < -0.3 is 19.3 Å². The van der Waals surface area contributed by atoms with Gasteiger partial charge in [0, 0.05) is 32.0 Å². The van der Waals surface area contributed by atoms with E-state index in [2.05, 4.69) is 17.0 Å². The zero-order chi connectivity index (χ0) is 29.3. The van der Waals surface area contributed by atoms with Crippen LogP contribution >= 0.6 is 0 Å². The average molecular weight is 557 g/mol. The zero-order valence-electron chi connectivity index (χ0n) is 24.9. The summed E-state index contributed by atoms with van der Waals surface area (Å²) >= 11 is 0. The summed E-state index contributed by atoms with van der Waals surface area (Å²) in [6, 6.07) is 18.2. The fourth-order valence-corrected chi connectivity index (χ4v) is 5.44. The van der Waals surface area contributed by atoms with Crippen LogP contribution in [0.25, 0.3) is 32.8 Å². The number of carbonyl (C=O) groups is 1. The number of carbonyl (C=O) groups excluding carboxylic acids is 1. The molecule has 1 aliphatic heterocycles. The van der Waals surface area contributed by atoms with Gasteiger partial charge in [-0.15, -0.1) is 0 Å². The SMILES string of the molecule is COc1cc(-c2ccc3nc(CC4CN(C(=O)OC(C)(C)C)C4)n(CCCN(C)C)c(=O)c3c2)c2ccccc2c1. The second kappa shape index (κ2) is 11.5. The Morgan fingerprint density at radius 3 is 2.51 bits per heavy atom. The van der Waals surface area contributed by atoms with E-state index in [1.165, 1.54) is 0 Å². The number of hydrogen-bond acceptors (Lipinski definition) is 6. The standard InChI is InChI=1S/C33H40N4O4/c1-33(2,3)41-32(39)36-20-22(21-36)16-30-34-29-13-12-24(18-28(29)31(38)37(30)15-9-14-35(4)5)27-19-25(40-6)17-23-10-7-8-11-26(23)27/h7-8,10-13,17-19,22H,9,14-16,20-21H2,1-6H3. The Bertz CT molecular complexity index is 1630. The van der Waals surface area contributed by atoms with Crippen molar-refractivity contribution in [2.45, 2.75) is 45.8 Å². The van der Waals surface area contributed by atoms with Crippen LogP contribution in [0.1, 0.15) is 33.0 Å². The third-order valence-corrected chi connectivity index (χ3v) is 7.48. The summed E-state index contributed by atoms with van der Waals surface area (Å²) in [5.41, 5.74) is 2.10. The van der Waals surface area contributed by atoms with E-state index in [-0.39, 0.29) is 17.6 Å². The quantitative estimate of drug-likeness (QED) is 0.282. The van der Waals surface area contributed by atoms with Crippen molar-refractivity contribution < 1.29 is 14.3 Å². The van der Waals surface area contributed by atoms with Gasteiger partial charge in [-0.2, -0.15) is 0 Å². The van der Waals surface area contributed by atoms with Crippen molar-refractivity contribution >= 4 is 27.8 Å². The molecule has 1 fully saturated rings. The molecule has 0 spiro atoms. The summed E-state index contributed by atoms with van der Waals surface area (Å²) in [4.78, 5) is 35.3. The zero-order valence-corrected chi connectivity index (χ0v) is 24.9. The van der Waals surface area contributed by atoms with Crippen molar-refractivity contribution in [2.24, 2.45) is 5.92 Å². The molecule has 216 valence electrons. The van der Waals surface area contributed by atoms with Gasteiger partial charge in [-0.1, -0.05) is 30.3 Å². The number of benzene rings is 3. The molecular weight excluding hydrogens is 516 g/mol. The molecule has 0 radical (unpaired) electrons. The van der Waals surface area contributed by atoms with Gasteiger partial charge in [0.15, 0.2) is 0 Å². The number of amides is 1. The van der Waals surface area contributed by atoms with Crippen LogP contribution in [0.5, 0.6) is 5.75 Å². The maximum Gasteiger partial charge on any atom is 0.410 e. The molecule has 5 rings (SSSR count). The molecule has 1 amide bonds. The molecule has 0 unspecified atom stereocenters. The third kappa shape index (κ3) is 6.38. The first kappa shape index (κ1) is 28.6. The molecule has 0 aliphatic carbocycles. The largest absolute Gasteiger partial charge is 0.497 e. The minimum Gasteiger partial charge on any atom is -0.497 e. The highest BCUT2D eigenvalue weighted by Gasteiger charge is 2.34. The fraction of sp³-hybridized carbons (Fsp3) is 0.424. The number of rotatable bonds is 8. The molecule has 4 aromatic rings. The van der Waals surface area contributed by atoms with Crippen LogP contribution in [0, 0.1) is 5.92 Å². The van der Waals surface area contributed by atoms with Crippen molar-refractivity contribution in [3.63, 3.8) is 0 Å². The van der Waals surface area contributed by atoms with E-state index in [0.717, 1.165) is 46.4 Å². The van der Waals surface area contributed by atoms with Crippen molar-refractivity contribution in [3.8, 4) is 16.9 Å². The molecule has 41 heavy (non-hydrogen) atoms. The Morgan fingerprint density at radius 1 is 1.05 bits per heavy atom. The number of hydrogen-bond donors (Lipinski definition) is 0. The van der Waals surface area contributed by atoms with Gasteiger partial charge in [0.05, 0.1) is 18.0 Å². The molecule has 3 aromatic carbocycles. The van der Waals surface area contributed by atoms with Crippen molar-refractivity contribution in [3.05, 3.63) is 70.8 Å². The molecule has 2 heterocycles. The molecular formula is C33H40N4O4. The first-order valence-corrected chi connectivity index (χ1v) is 14.3. The van der Waals surface area contributed by atoms with Crippen LogP contribution < -0.4 is 10.3 Å². The predicted octanol–water partition coefficient (Wildman–Crippen LogP) is 5.59. The highest BCUT2D eigenvalue weighted by atomic mass is 16.6. The highest BCUT2D eigenvalue weighted by Crippen LogP contribution is 2.34. The van der Waals surface area contributed by atoms with Gasteiger partial charge in [0.1, 0.15) is 17.2 Å². The Morgan fingerprint density at radius 2 is 1.80 bits per heavy atom. The first-order chi connectivity index (χ1) is 19.5. The summed E-state index contributed by atoms with van der Waals surface area (Å²) in [7, 11) is 5.74. The van der Waals surface area contributed by atoms with E-state index in [4.69, 9.17) is 14.5 Å². The van der Waals surface area contributed by atoms with Gasteiger partial charge in [0.25, 0.3) is 5.56 Å². The number of nitrogens with zero attached hydrogens (tertiary/aromatic N) is 4. The summed E-state index contributed by atoms with van der Waals surface area (Å²) in [5, 5.41) is 2.78. The lowest BCUT2D eigenvalue weighted by atomic mass is 9.95. The topological polar surface area (TPSA) is 76.9 Å². The number of likely N-dealkylation sites (tertiary alicyclic amines) is 1. The smallest absolute Gasteiger partial charge is 0.410 e. The summed E-state index contributed by atoms with van der Waals surface area (Å²) in [6.07, 6.45) is 1.18. The molecule has 8 nitrogen and oxygen atoms in total. The lowest BCUT2D eigenvalue weighted by molar-refractivity contribution is -0.00128. The van der Waals surface area contributed by atoms with Crippen LogP contribution in [0.4, 0.5) is 4.79 Å². The molecule has 0 N–H and O–H groups in total. The maximum absolute atomic E-state index is 14.0.